The van der Waals surface area contributed by atoms with Crippen molar-refractivity contribution in [1.29, 1.82) is 0 Å². The maximum Gasteiger partial charge on any atom is 0.161 e. The predicted molar refractivity (Wildman–Crippen MR) is 80.2 cm³/mol. The fourth-order valence-corrected chi connectivity index (χ4v) is 2.34. The molecule has 0 bridgehead atoms. The average molecular weight is 311 g/mol. The molecule has 2 rings (SSSR count). The molecular weight excluding hydrogens is 295 g/mol. The Balaban J connectivity index is 2.37. The molecule has 0 aromatic heterocycles. The molecule has 112 valence electrons. The van der Waals surface area contributed by atoms with Gasteiger partial charge in [-0.1, -0.05) is 12.1 Å². The van der Waals surface area contributed by atoms with Gasteiger partial charge in [0.25, 0.3) is 0 Å². The van der Waals surface area contributed by atoms with Gasteiger partial charge in [-0.15, -0.1) is 11.6 Å². The van der Waals surface area contributed by atoms with Crippen molar-refractivity contribution in [2.45, 2.75) is 5.38 Å². The van der Waals surface area contributed by atoms with Crippen LogP contribution in [0.1, 0.15) is 16.5 Å². The molecule has 1 atom stereocenters. The van der Waals surface area contributed by atoms with Crippen molar-refractivity contribution < 1.29 is 18.6 Å². The van der Waals surface area contributed by atoms with Gasteiger partial charge in [0.1, 0.15) is 11.6 Å². The molecule has 0 saturated heterocycles. The summed E-state index contributed by atoms with van der Waals surface area (Å²) in [6.07, 6.45) is 0. The molecule has 0 heterocycles. The molecule has 2 aromatic carbocycles. The second-order valence-corrected chi connectivity index (χ2v) is 4.80. The Kier molecular flexibility index (Phi) is 4.91. The van der Waals surface area contributed by atoms with Crippen molar-refractivity contribution in [3.63, 3.8) is 0 Å². The van der Waals surface area contributed by atoms with Crippen molar-refractivity contribution >= 4 is 11.6 Å². The Bertz CT molecular complexity index is 631. The van der Waals surface area contributed by atoms with Crippen molar-refractivity contribution in [3.8, 4) is 17.2 Å². The Morgan fingerprint density at radius 3 is 2.19 bits per heavy atom. The number of alkyl halides is 1. The fourth-order valence-electron chi connectivity index (χ4n) is 2.03. The number of rotatable bonds is 5. The topological polar surface area (TPSA) is 27.7 Å². The van der Waals surface area contributed by atoms with E-state index in [1.807, 2.05) is 0 Å². The second kappa shape index (κ2) is 6.68. The minimum absolute atomic E-state index is 0.379. The predicted octanol–water partition coefficient (Wildman–Crippen LogP) is 4.18. The van der Waals surface area contributed by atoms with Gasteiger partial charge in [-0.05, 0) is 23.8 Å². The molecule has 5 heteroatoms. The van der Waals surface area contributed by atoms with Gasteiger partial charge in [-0.3, -0.25) is 0 Å². The minimum Gasteiger partial charge on any atom is -0.497 e. The van der Waals surface area contributed by atoms with E-state index < -0.39 is 11.2 Å². The summed E-state index contributed by atoms with van der Waals surface area (Å²) in [4.78, 5) is 0. The summed E-state index contributed by atoms with van der Waals surface area (Å²) >= 11 is 6.38. The summed E-state index contributed by atoms with van der Waals surface area (Å²) in [5.41, 5.74) is 1.10. The van der Waals surface area contributed by atoms with E-state index in [-0.39, 0.29) is 0 Å². The standard InChI is InChI=1S/C16H16ClFO3/c1-19-11-5-6-12(13(18)9-11)16(17)10-4-7-14(20-2)15(8-10)21-3/h4-9,16H,1-3H3. The SMILES string of the molecule is COc1ccc(C(Cl)c2ccc(OC)c(OC)c2)c(F)c1. The maximum absolute atomic E-state index is 14.1. The molecule has 0 saturated carbocycles. The number of hydrogen-bond donors (Lipinski definition) is 0. The van der Waals surface area contributed by atoms with Crippen LogP contribution >= 0.6 is 11.6 Å². The normalized spacial score (nSPS) is 11.9. The minimum atomic E-state index is -0.629. The summed E-state index contributed by atoms with van der Waals surface area (Å²) in [6.45, 7) is 0. The zero-order chi connectivity index (χ0) is 15.4. The van der Waals surface area contributed by atoms with Crippen LogP contribution in [-0.2, 0) is 0 Å². The second-order valence-electron chi connectivity index (χ2n) is 4.36. The van der Waals surface area contributed by atoms with Gasteiger partial charge in [0.05, 0.1) is 26.7 Å². The molecule has 0 aliphatic carbocycles. The third-order valence-corrected chi connectivity index (χ3v) is 3.67. The van der Waals surface area contributed by atoms with Crippen LogP contribution < -0.4 is 14.2 Å². The van der Waals surface area contributed by atoms with Crippen molar-refractivity contribution in [2.75, 3.05) is 21.3 Å². The summed E-state index contributed by atoms with van der Waals surface area (Å²) in [5, 5.41) is -0.629. The molecule has 3 nitrogen and oxygen atoms in total. The highest BCUT2D eigenvalue weighted by Gasteiger charge is 2.18. The molecule has 0 fully saturated rings. The smallest absolute Gasteiger partial charge is 0.161 e. The lowest BCUT2D eigenvalue weighted by Gasteiger charge is -2.15. The Labute approximate surface area is 128 Å². The maximum atomic E-state index is 14.1. The van der Waals surface area contributed by atoms with E-state index in [0.717, 1.165) is 5.56 Å². The number of halogens is 2. The van der Waals surface area contributed by atoms with E-state index in [2.05, 4.69) is 0 Å². The third kappa shape index (κ3) is 3.22. The monoisotopic (exact) mass is 310 g/mol. The molecule has 21 heavy (non-hydrogen) atoms. The van der Waals surface area contributed by atoms with E-state index in [1.54, 1.807) is 44.6 Å². The largest absolute Gasteiger partial charge is 0.497 e. The van der Waals surface area contributed by atoms with Crippen LogP contribution in [0.3, 0.4) is 0 Å². The summed E-state index contributed by atoms with van der Waals surface area (Å²) in [7, 11) is 4.58. The summed E-state index contributed by atoms with van der Waals surface area (Å²) < 4.78 is 29.5. The molecule has 0 radical (unpaired) electrons. The first kappa shape index (κ1) is 15.4. The van der Waals surface area contributed by atoms with Crippen LogP contribution in [0.5, 0.6) is 17.2 Å². The van der Waals surface area contributed by atoms with Gasteiger partial charge < -0.3 is 14.2 Å². The lowest BCUT2D eigenvalue weighted by Crippen LogP contribution is -1.99. The number of hydrogen-bond acceptors (Lipinski definition) is 3. The average Bonchev–Trinajstić information content (AvgIpc) is 2.53. The Hall–Kier alpha value is -1.94. The highest BCUT2D eigenvalue weighted by atomic mass is 35.5. The van der Waals surface area contributed by atoms with Crippen LogP contribution in [0.15, 0.2) is 36.4 Å². The van der Waals surface area contributed by atoms with Crippen molar-refractivity contribution in [3.05, 3.63) is 53.3 Å². The lowest BCUT2D eigenvalue weighted by molar-refractivity contribution is 0.354. The number of ether oxygens (including phenoxy) is 3. The number of methoxy groups -OCH3 is 3. The molecule has 0 spiro atoms. The fraction of sp³-hybridized carbons (Fsp3) is 0.250. The molecule has 1 unspecified atom stereocenters. The van der Waals surface area contributed by atoms with Gasteiger partial charge in [-0.2, -0.15) is 0 Å². The Morgan fingerprint density at radius 2 is 1.62 bits per heavy atom. The first-order valence-electron chi connectivity index (χ1n) is 6.30. The first-order valence-corrected chi connectivity index (χ1v) is 6.73. The van der Waals surface area contributed by atoms with Crippen LogP contribution in [0, 0.1) is 5.82 Å². The van der Waals surface area contributed by atoms with E-state index in [9.17, 15) is 4.39 Å². The van der Waals surface area contributed by atoms with E-state index in [1.165, 1.54) is 13.2 Å². The summed E-state index contributed by atoms with van der Waals surface area (Å²) in [6, 6.07) is 9.86. The van der Waals surface area contributed by atoms with Crippen LogP contribution in [0.25, 0.3) is 0 Å². The van der Waals surface area contributed by atoms with Gasteiger partial charge in [0, 0.05) is 11.6 Å². The first-order chi connectivity index (χ1) is 10.1. The zero-order valence-corrected chi connectivity index (χ0v) is 12.8. The summed E-state index contributed by atoms with van der Waals surface area (Å²) in [5.74, 6) is 1.19. The van der Waals surface area contributed by atoms with Gasteiger partial charge in [0.2, 0.25) is 0 Å². The number of benzene rings is 2. The quantitative estimate of drug-likeness (QED) is 0.775. The van der Waals surface area contributed by atoms with E-state index >= 15 is 0 Å². The zero-order valence-electron chi connectivity index (χ0n) is 12.0. The van der Waals surface area contributed by atoms with Gasteiger partial charge >= 0.3 is 0 Å². The molecule has 0 aliphatic heterocycles. The molecular formula is C16H16ClFO3. The molecule has 0 aliphatic rings. The van der Waals surface area contributed by atoms with Crippen LogP contribution in [0.4, 0.5) is 4.39 Å². The molecule has 0 amide bonds. The Morgan fingerprint density at radius 1 is 0.905 bits per heavy atom. The van der Waals surface area contributed by atoms with E-state index in [0.29, 0.717) is 22.8 Å². The lowest BCUT2D eigenvalue weighted by atomic mass is 10.0. The van der Waals surface area contributed by atoms with Crippen LogP contribution in [-0.4, -0.2) is 21.3 Å². The van der Waals surface area contributed by atoms with Gasteiger partial charge in [-0.25, -0.2) is 4.39 Å². The molecule has 2 aromatic rings. The van der Waals surface area contributed by atoms with Gasteiger partial charge in [0.15, 0.2) is 11.5 Å². The van der Waals surface area contributed by atoms with Crippen molar-refractivity contribution in [1.82, 2.24) is 0 Å². The van der Waals surface area contributed by atoms with Crippen molar-refractivity contribution in [2.24, 2.45) is 0 Å². The highest BCUT2D eigenvalue weighted by Crippen LogP contribution is 2.36. The third-order valence-electron chi connectivity index (χ3n) is 3.18. The molecule has 0 N–H and O–H groups in total. The van der Waals surface area contributed by atoms with Crippen LogP contribution in [0.2, 0.25) is 0 Å². The van der Waals surface area contributed by atoms with E-state index in [4.69, 9.17) is 25.8 Å². The highest BCUT2D eigenvalue weighted by molar-refractivity contribution is 6.22.